The lowest BCUT2D eigenvalue weighted by Gasteiger charge is -1.99. The largest absolute Gasteiger partial charge is 0.481 e. The third-order valence-corrected chi connectivity index (χ3v) is 2.93. The molecule has 0 spiro atoms. The second kappa shape index (κ2) is 4.88. The van der Waals surface area contributed by atoms with Crippen LogP contribution in [0.1, 0.15) is 11.4 Å². The van der Waals surface area contributed by atoms with E-state index in [1.807, 2.05) is 6.07 Å². The van der Waals surface area contributed by atoms with E-state index in [9.17, 15) is 8.78 Å². The number of H-pyrrole nitrogens is 1. The number of ether oxygens (including phenoxy) is 1. The van der Waals surface area contributed by atoms with E-state index in [2.05, 4.69) is 15.0 Å². The molecule has 1 N–H and O–H groups in total. The minimum atomic E-state index is -0.863. The van der Waals surface area contributed by atoms with Gasteiger partial charge in [0.25, 0.3) is 0 Å². The molecule has 2 aromatic heterocycles. The lowest BCUT2D eigenvalue weighted by molar-refractivity contribution is 0.399. The Morgan fingerprint density at radius 1 is 1.10 bits per heavy atom. The standard InChI is InChI=1S/C14H11F2N3O/c1-20-13-5-4-11-14(19-13)18-12(17-11)7-8-2-3-9(15)10(16)6-8/h2-6H,7H2,1H3,(H,17,18,19). The molecule has 0 saturated carbocycles. The topological polar surface area (TPSA) is 50.8 Å². The van der Waals surface area contributed by atoms with Crippen LogP contribution in [-0.4, -0.2) is 22.1 Å². The van der Waals surface area contributed by atoms with Crippen molar-refractivity contribution < 1.29 is 13.5 Å². The van der Waals surface area contributed by atoms with Crippen LogP contribution in [0.2, 0.25) is 0 Å². The molecule has 3 aromatic rings. The minimum Gasteiger partial charge on any atom is -0.481 e. The predicted molar refractivity (Wildman–Crippen MR) is 69.6 cm³/mol. The molecule has 0 fully saturated rings. The number of rotatable bonds is 3. The Morgan fingerprint density at radius 2 is 1.95 bits per heavy atom. The Bertz CT molecular complexity index is 770. The number of hydrogen-bond acceptors (Lipinski definition) is 3. The number of nitrogens with one attached hydrogen (secondary N) is 1. The lowest BCUT2D eigenvalue weighted by atomic mass is 10.1. The summed E-state index contributed by atoms with van der Waals surface area (Å²) in [4.78, 5) is 11.6. The molecular weight excluding hydrogens is 264 g/mol. The van der Waals surface area contributed by atoms with Gasteiger partial charge in [-0.25, -0.2) is 13.8 Å². The van der Waals surface area contributed by atoms with Gasteiger partial charge >= 0.3 is 0 Å². The molecule has 102 valence electrons. The van der Waals surface area contributed by atoms with Crippen LogP contribution in [0.25, 0.3) is 11.2 Å². The first-order valence-electron chi connectivity index (χ1n) is 5.99. The van der Waals surface area contributed by atoms with Gasteiger partial charge < -0.3 is 9.72 Å². The number of aromatic nitrogens is 3. The molecule has 0 amide bonds. The second-order valence-corrected chi connectivity index (χ2v) is 4.33. The molecule has 0 aliphatic rings. The van der Waals surface area contributed by atoms with Crippen molar-refractivity contribution in [2.24, 2.45) is 0 Å². The highest BCUT2D eigenvalue weighted by atomic mass is 19.2. The zero-order valence-electron chi connectivity index (χ0n) is 10.7. The molecule has 0 aliphatic carbocycles. The molecule has 0 saturated heterocycles. The maximum absolute atomic E-state index is 13.2. The zero-order valence-corrected chi connectivity index (χ0v) is 10.7. The van der Waals surface area contributed by atoms with Crippen LogP contribution in [0.5, 0.6) is 5.88 Å². The molecule has 0 aliphatic heterocycles. The average Bonchev–Trinajstić information content (AvgIpc) is 2.84. The smallest absolute Gasteiger partial charge is 0.215 e. The van der Waals surface area contributed by atoms with E-state index < -0.39 is 11.6 Å². The number of methoxy groups -OCH3 is 1. The molecule has 0 radical (unpaired) electrons. The molecule has 20 heavy (non-hydrogen) atoms. The summed E-state index contributed by atoms with van der Waals surface area (Å²) in [5.41, 5.74) is 1.93. The fourth-order valence-corrected chi connectivity index (χ4v) is 1.97. The maximum atomic E-state index is 13.2. The highest BCUT2D eigenvalue weighted by molar-refractivity contribution is 5.71. The van der Waals surface area contributed by atoms with E-state index in [-0.39, 0.29) is 0 Å². The van der Waals surface area contributed by atoms with Crippen LogP contribution in [0.15, 0.2) is 30.3 Å². The van der Waals surface area contributed by atoms with E-state index in [1.54, 1.807) is 6.07 Å². The molecule has 0 bridgehead atoms. The number of fused-ring (bicyclic) bond motifs is 1. The van der Waals surface area contributed by atoms with Crippen molar-refractivity contribution in [1.29, 1.82) is 0 Å². The van der Waals surface area contributed by atoms with E-state index in [1.165, 1.54) is 13.2 Å². The molecule has 2 heterocycles. The van der Waals surface area contributed by atoms with Gasteiger partial charge in [0.05, 0.1) is 12.6 Å². The third-order valence-electron chi connectivity index (χ3n) is 2.93. The second-order valence-electron chi connectivity index (χ2n) is 4.33. The van der Waals surface area contributed by atoms with Crippen LogP contribution in [-0.2, 0) is 6.42 Å². The Morgan fingerprint density at radius 3 is 2.70 bits per heavy atom. The summed E-state index contributed by atoms with van der Waals surface area (Å²) < 4.78 is 31.0. The van der Waals surface area contributed by atoms with Crippen molar-refractivity contribution in [3.05, 3.63) is 53.4 Å². The number of imidazole rings is 1. The average molecular weight is 275 g/mol. The highest BCUT2D eigenvalue weighted by Crippen LogP contribution is 2.17. The summed E-state index contributed by atoms with van der Waals surface area (Å²) >= 11 is 0. The first-order chi connectivity index (χ1) is 9.65. The summed E-state index contributed by atoms with van der Waals surface area (Å²) in [6.07, 6.45) is 0.371. The number of pyridine rings is 1. The SMILES string of the molecule is COc1ccc2[nH]c(Cc3ccc(F)c(F)c3)nc2n1. The van der Waals surface area contributed by atoms with Gasteiger partial charge in [0, 0.05) is 12.5 Å². The summed E-state index contributed by atoms with van der Waals surface area (Å²) in [7, 11) is 1.53. The van der Waals surface area contributed by atoms with Gasteiger partial charge in [-0.2, -0.15) is 4.98 Å². The third kappa shape index (κ3) is 2.32. The summed E-state index contributed by atoms with van der Waals surface area (Å²) in [6, 6.07) is 7.33. The van der Waals surface area contributed by atoms with Gasteiger partial charge in [-0.1, -0.05) is 6.07 Å². The van der Waals surface area contributed by atoms with Crippen molar-refractivity contribution in [3.8, 4) is 5.88 Å². The fraction of sp³-hybridized carbons (Fsp3) is 0.143. The number of hydrogen-bond donors (Lipinski definition) is 1. The molecule has 4 nitrogen and oxygen atoms in total. The summed E-state index contributed by atoms with van der Waals surface area (Å²) in [5.74, 6) is -0.613. The Balaban J connectivity index is 1.92. The number of benzene rings is 1. The van der Waals surface area contributed by atoms with Gasteiger partial charge in [-0.05, 0) is 23.8 Å². The first kappa shape index (κ1) is 12.5. The van der Waals surface area contributed by atoms with Crippen LogP contribution >= 0.6 is 0 Å². The van der Waals surface area contributed by atoms with Crippen LogP contribution in [0.3, 0.4) is 0 Å². The number of halogens is 2. The highest BCUT2D eigenvalue weighted by Gasteiger charge is 2.08. The van der Waals surface area contributed by atoms with Crippen molar-refractivity contribution in [3.63, 3.8) is 0 Å². The zero-order chi connectivity index (χ0) is 14.1. The Kier molecular flexibility index (Phi) is 3.06. The van der Waals surface area contributed by atoms with Gasteiger partial charge in [-0.3, -0.25) is 0 Å². The van der Waals surface area contributed by atoms with Gasteiger partial charge in [0.2, 0.25) is 5.88 Å². The molecule has 0 atom stereocenters. The minimum absolute atomic E-state index is 0.371. The molecular formula is C14H11F2N3O. The van der Waals surface area contributed by atoms with Crippen LogP contribution in [0.4, 0.5) is 8.78 Å². The maximum Gasteiger partial charge on any atom is 0.215 e. The van der Waals surface area contributed by atoms with Gasteiger partial charge in [0.15, 0.2) is 17.3 Å². The van der Waals surface area contributed by atoms with Crippen molar-refractivity contribution in [2.45, 2.75) is 6.42 Å². The van der Waals surface area contributed by atoms with Gasteiger partial charge in [0.1, 0.15) is 5.82 Å². The predicted octanol–water partition coefficient (Wildman–Crippen LogP) is 2.84. The van der Waals surface area contributed by atoms with E-state index in [4.69, 9.17) is 4.74 Å². The van der Waals surface area contributed by atoms with E-state index >= 15 is 0 Å². The monoisotopic (exact) mass is 275 g/mol. The van der Waals surface area contributed by atoms with Crippen LogP contribution < -0.4 is 4.74 Å². The Hall–Kier alpha value is -2.50. The molecule has 1 aromatic carbocycles. The molecule has 3 rings (SSSR count). The fourth-order valence-electron chi connectivity index (χ4n) is 1.97. The van der Waals surface area contributed by atoms with Crippen molar-refractivity contribution >= 4 is 11.2 Å². The summed E-state index contributed by atoms with van der Waals surface area (Å²) in [5, 5.41) is 0. The van der Waals surface area contributed by atoms with Crippen molar-refractivity contribution in [2.75, 3.05) is 7.11 Å². The Labute approximate surface area is 113 Å². The quantitative estimate of drug-likeness (QED) is 0.799. The molecule has 6 heteroatoms. The van der Waals surface area contributed by atoms with Gasteiger partial charge in [-0.15, -0.1) is 0 Å². The first-order valence-corrected chi connectivity index (χ1v) is 5.99. The number of nitrogens with zero attached hydrogens (tertiary/aromatic N) is 2. The summed E-state index contributed by atoms with van der Waals surface area (Å²) in [6.45, 7) is 0. The normalized spacial score (nSPS) is 10.9. The van der Waals surface area contributed by atoms with E-state index in [0.29, 0.717) is 29.3 Å². The molecule has 0 unspecified atom stereocenters. The lowest BCUT2D eigenvalue weighted by Crippen LogP contribution is -1.93. The number of aromatic amines is 1. The van der Waals surface area contributed by atoms with Crippen LogP contribution in [0, 0.1) is 11.6 Å². The van der Waals surface area contributed by atoms with Crippen molar-refractivity contribution in [1.82, 2.24) is 15.0 Å². The van der Waals surface area contributed by atoms with E-state index in [0.717, 1.165) is 17.6 Å².